The normalized spacial score (nSPS) is 9.38. The summed E-state index contributed by atoms with van der Waals surface area (Å²) in [6.07, 6.45) is 0. The van der Waals surface area contributed by atoms with E-state index in [1.165, 1.54) is 16.3 Å². The van der Waals surface area contributed by atoms with Gasteiger partial charge in [0.1, 0.15) is 0 Å². The number of benzene rings is 1. The quantitative estimate of drug-likeness (QED) is 0.353. The Morgan fingerprint density at radius 3 is 1.90 bits per heavy atom. The van der Waals surface area contributed by atoms with Gasteiger partial charge in [-0.25, -0.2) is 0 Å². The molecule has 1 nitrogen and oxygen atoms in total. The minimum absolute atomic E-state index is 0.250. The third kappa shape index (κ3) is 18.3. The molecule has 2 aromatic rings. The van der Waals surface area contributed by atoms with E-state index in [4.69, 9.17) is 24.3 Å². The van der Waals surface area contributed by atoms with Crippen molar-refractivity contribution in [2.24, 2.45) is 0 Å². The van der Waals surface area contributed by atoms with Crippen LogP contribution in [0.15, 0.2) is 36.4 Å². The van der Waals surface area contributed by atoms with Crippen molar-refractivity contribution >= 4 is 38.9 Å². The fourth-order valence-electron chi connectivity index (χ4n) is 1.31. The fourth-order valence-corrected chi connectivity index (χ4v) is 1.31. The number of rotatable bonds is 0. The molecule has 0 aliphatic rings. The summed E-state index contributed by atoms with van der Waals surface area (Å²) in [5.41, 5.74) is 8.04. The van der Waals surface area contributed by atoms with Gasteiger partial charge in [-0.2, -0.15) is 6.07 Å². The zero-order valence-electron chi connectivity index (χ0n) is 13.7. The topological polar surface area (TPSA) is 23.8 Å². The van der Waals surface area contributed by atoms with Crippen LogP contribution < -0.4 is 0 Å². The molecule has 118 valence electrons. The molecule has 0 aromatic heterocycles. The molecule has 5 heteroatoms. The molecule has 0 aliphatic carbocycles. The summed E-state index contributed by atoms with van der Waals surface area (Å²) in [7, 11) is 10.9. The van der Waals surface area contributed by atoms with Crippen LogP contribution in [0.2, 0.25) is 13.1 Å². The summed E-state index contributed by atoms with van der Waals surface area (Å²) in [6.45, 7) is 12.0. The Balaban J connectivity index is 0. The Bertz CT molecular complexity index is 425. The molecule has 0 atom stereocenters. The fraction of sp³-hybridized carbons (Fsp3) is 0.438. The maximum absolute atomic E-state index is 6.94. The first kappa shape index (κ1) is 23.6. The van der Waals surface area contributed by atoms with Gasteiger partial charge in [-0.15, -0.1) is 46.1 Å². The van der Waals surface area contributed by atoms with Crippen LogP contribution in [-0.2, 0) is 17.0 Å². The van der Waals surface area contributed by atoms with Crippen molar-refractivity contribution in [2.75, 3.05) is 0 Å². The summed E-state index contributed by atoms with van der Waals surface area (Å²) in [5.74, 6) is 0. The monoisotopic (exact) mass is 377 g/mol. The van der Waals surface area contributed by atoms with Crippen LogP contribution in [0.1, 0.15) is 26.3 Å². The van der Waals surface area contributed by atoms with E-state index in [9.17, 15) is 0 Å². The molecule has 0 heterocycles. The molecular weight excluding hydrogens is 353 g/mol. The third-order valence-electron chi connectivity index (χ3n) is 1.76. The van der Waals surface area contributed by atoms with E-state index in [0.717, 1.165) is 9.52 Å². The van der Waals surface area contributed by atoms with Gasteiger partial charge in [0, 0.05) is 9.52 Å². The van der Waals surface area contributed by atoms with Crippen molar-refractivity contribution in [2.45, 2.75) is 46.3 Å². The molecule has 2 aromatic carbocycles. The van der Waals surface area contributed by atoms with Crippen molar-refractivity contribution in [3.63, 3.8) is 0 Å². The summed E-state index contributed by atoms with van der Waals surface area (Å²) < 4.78 is 0. The van der Waals surface area contributed by atoms with Crippen molar-refractivity contribution in [3.05, 3.63) is 47.7 Å². The van der Waals surface area contributed by atoms with Crippen molar-refractivity contribution in [3.8, 4) is 0 Å². The first-order valence-electron chi connectivity index (χ1n) is 6.61. The van der Waals surface area contributed by atoms with Gasteiger partial charge in [0.15, 0.2) is 0 Å². The Labute approximate surface area is 149 Å². The Morgan fingerprint density at radius 2 is 1.52 bits per heavy atom. The molecule has 0 unspecified atom stereocenters. The molecule has 1 N–H and O–H groups in total. The number of hydrogen-bond donors (Lipinski definition) is 0. The molecule has 21 heavy (non-hydrogen) atoms. The van der Waals surface area contributed by atoms with Gasteiger partial charge in [-0.3, -0.25) is 0 Å². The van der Waals surface area contributed by atoms with Gasteiger partial charge in [0.05, 0.1) is 0 Å². The Hall–Kier alpha value is 0.301. The number of nitrogens with one attached hydrogen (secondary N) is 1. The van der Waals surface area contributed by atoms with Crippen molar-refractivity contribution in [1.29, 1.82) is 0 Å². The Morgan fingerprint density at radius 1 is 1.14 bits per heavy atom. The van der Waals surface area contributed by atoms with Crippen LogP contribution in [0, 0.1) is 6.92 Å². The van der Waals surface area contributed by atoms with E-state index in [1.54, 1.807) is 0 Å². The zero-order valence-corrected chi connectivity index (χ0v) is 17.8. The van der Waals surface area contributed by atoms with E-state index in [2.05, 4.69) is 56.4 Å². The number of fused-ring (bicyclic) bond motifs is 1. The van der Waals surface area contributed by atoms with Crippen molar-refractivity contribution in [1.82, 2.24) is 0 Å². The van der Waals surface area contributed by atoms with Gasteiger partial charge >= 0.3 is 35.6 Å². The predicted octanol–water partition coefficient (Wildman–Crippen LogP) is 6.87. The second-order valence-electron chi connectivity index (χ2n) is 5.48. The van der Waals surface area contributed by atoms with Crippen LogP contribution in [0.3, 0.4) is 0 Å². The summed E-state index contributed by atoms with van der Waals surface area (Å²) in [5, 5.41) is 2.69. The van der Waals surface area contributed by atoms with E-state index in [0.29, 0.717) is 0 Å². The molecule has 2 rings (SSSR count). The van der Waals surface area contributed by atoms with Gasteiger partial charge < -0.3 is 5.73 Å². The van der Waals surface area contributed by atoms with E-state index in [1.807, 2.05) is 20.8 Å². The summed E-state index contributed by atoms with van der Waals surface area (Å²) in [4.78, 5) is 0. The molecule has 0 saturated carbocycles. The summed E-state index contributed by atoms with van der Waals surface area (Å²) >= 11 is -0.556. The third-order valence-corrected chi connectivity index (χ3v) is 1.76. The molecule has 0 amide bonds. The standard InChI is InChI=1S/C10H9.C4H10N.C2H6Si.2ClH.Ti/c1-8-6-9-4-2-3-5-10(9)7-8;1-4(2,3)5;1-3-2;;;/h2-7H,1H3;5H,1-3H3;1-2H3;2*1H;/q2*-1;;;;+2/p-2. The number of halogens is 2. The average molecular weight is 378 g/mol. The number of aryl methyl sites for hydroxylation is 1. The molecule has 0 saturated heterocycles. The van der Waals surface area contributed by atoms with Crippen LogP contribution in [0.25, 0.3) is 16.5 Å². The van der Waals surface area contributed by atoms with Crippen LogP contribution >= 0.6 is 18.6 Å². The molecule has 2 radical (unpaired) electrons. The molecule has 0 fully saturated rings. The van der Waals surface area contributed by atoms with Crippen LogP contribution in [0.5, 0.6) is 0 Å². The minimum atomic E-state index is -0.556. The Kier molecular flexibility index (Phi) is 15.6. The van der Waals surface area contributed by atoms with Gasteiger partial charge in [-0.1, -0.05) is 46.9 Å². The molecule has 0 spiro atoms. The van der Waals surface area contributed by atoms with Crippen molar-refractivity contribution < 1.29 is 17.0 Å². The molecule has 0 bridgehead atoms. The molecule has 0 aliphatic heterocycles. The zero-order chi connectivity index (χ0) is 16.9. The van der Waals surface area contributed by atoms with Crippen LogP contribution in [-0.4, -0.2) is 15.1 Å². The second kappa shape index (κ2) is 13.9. The van der Waals surface area contributed by atoms with Gasteiger partial charge in [0.2, 0.25) is 0 Å². The molecular formula is C16H25Cl2NSiTi-2. The number of hydrogen-bond acceptors (Lipinski definition) is 0. The first-order valence-corrected chi connectivity index (χ1v) is 12.9. The SMILES string of the molecule is CC(C)(C)[NH-].C[Si]C.Cc1cc2ccccc2[cH-]1.[Cl][Ti][Cl]. The maximum atomic E-state index is 6.94. The van der Waals surface area contributed by atoms with E-state index in [-0.39, 0.29) is 5.54 Å². The second-order valence-corrected chi connectivity index (χ2v) is 9.06. The first-order chi connectivity index (χ1) is 9.69. The van der Waals surface area contributed by atoms with E-state index < -0.39 is 17.0 Å². The average Bonchev–Trinajstić information content (AvgIpc) is 2.68. The predicted molar refractivity (Wildman–Crippen MR) is 97.5 cm³/mol. The van der Waals surface area contributed by atoms with Gasteiger partial charge in [0.25, 0.3) is 0 Å². The van der Waals surface area contributed by atoms with Crippen LogP contribution in [0.4, 0.5) is 0 Å². The van der Waals surface area contributed by atoms with E-state index >= 15 is 0 Å². The van der Waals surface area contributed by atoms with Gasteiger partial charge in [-0.05, 0) is 0 Å². The summed E-state index contributed by atoms with van der Waals surface area (Å²) in [6, 6.07) is 12.8.